The van der Waals surface area contributed by atoms with Gasteiger partial charge in [-0.3, -0.25) is 0 Å². The topological polar surface area (TPSA) is 58.6 Å². The molecule has 5 unspecified atom stereocenters. The van der Waals surface area contributed by atoms with Crippen molar-refractivity contribution in [2.45, 2.75) is 38.0 Å². The molecule has 3 rings (SSSR count). The van der Waals surface area contributed by atoms with Crippen LogP contribution in [0, 0.1) is 11.8 Å². The minimum absolute atomic E-state index is 0.0396. The SMILES string of the molecule is CC(NC(=O)OC1C2C=CC(O)C1CC2)c1ccccc1. The Labute approximate surface area is 124 Å². The quantitative estimate of drug-likeness (QED) is 0.840. The molecule has 1 aromatic carbocycles. The second kappa shape index (κ2) is 5.90. The third-order valence-corrected chi connectivity index (χ3v) is 4.55. The van der Waals surface area contributed by atoms with Gasteiger partial charge in [-0.05, 0) is 25.3 Å². The number of alkyl carbamates (subject to hydrolysis) is 1. The summed E-state index contributed by atoms with van der Waals surface area (Å²) < 4.78 is 5.58. The van der Waals surface area contributed by atoms with Crippen LogP contribution in [0.2, 0.25) is 0 Å². The normalized spacial score (nSPS) is 31.7. The first-order valence-electron chi connectivity index (χ1n) is 7.53. The lowest BCUT2D eigenvalue weighted by molar-refractivity contribution is 0.0138. The maximum atomic E-state index is 12.1. The summed E-state index contributed by atoms with van der Waals surface area (Å²) >= 11 is 0. The molecule has 112 valence electrons. The largest absolute Gasteiger partial charge is 0.445 e. The average molecular weight is 287 g/mol. The Hall–Kier alpha value is -1.81. The Kier molecular flexibility index (Phi) is 3.97. The molecule has 0 spiro atoms. The van der Waals surface area contributed by atoms with Gasteiger partial charge in [0.25, 0.3) is 0 Å². The van der Waals surface area contributed by atoms with Crippen molar-refractivity contribution in [1.82, 2.24) is 5.32 Å². The third-order valence-electron chi connectivity index (χ3n) is 4.55. The molecule has 0 aliphatic heterocycles. The fourth-order valence-electron chi connectivity index (χ4n) is 3.34. The average Bonchev–Trinajstić information content (AvgIpc) is 2.77. The Morgan fingerprint density at radius 3 is 2.81 bits per heavy atom. The van der Waals surface area contributed by atoms with Crippen molar-refractivity contribution in [3.05, 3.63) is 48.0 Å². The molecule has 1 aromatic rings. The van der Waals surface area contributed by atoms with Crippen LogP contribution in [0.1, 0.15) is 31.4 Å². The van der Waals surface area contributed by atoms with E-state index in [1.165, 1.54) is 0 Å². The molecule has 0 heterocycles. The van der Waals surface area contributed by atoms with E-state index >= 15 is 0 Å². The van der Waals surface area contributed by atoms with Crippen LogP contribution in [0.3, 0.4) is 0 Å². The van der Waals surface area contributed by atoms with Crippen LogP contribution in [0.5, 0.6) is 0 Å². The molecule has 21 heavy (non-hydrogen) atoms. The Morgan fingerprint density at radius 2 is 2.05 bits per heavy atom. The molecule has 1 saturated carbocycles. The van der Waals surface area contributed by atoms with E-state index in [2.05, 4.69) is 5.32 Å². The molecule has 2 N–H and O–H groups in total. The molecule has 1 amide bonds. The van der Waals surface area contributed by atoms with Gasteiger partial charge >= 0.3 is 6.09 Å². The van der Waals surface area contributed by atoms with Gasteiger partial charge in [-0.15, -0.1) is 0 Å². The van der Waals surface area contributed by atoms with Crippen molar-refractivity contribution in [1.29, 1.82) is 0 Å². The summed E-state index contributed by atoms with van der Waals surface area (Å²) in [5.41, 5.74) is 1.04. The molecule has 0 aromatic heterocycles. The lowest BCUT2D eigenvalue weighted by Crippen LogP contribution is -2.39. The first-order chi connectivity index (χ1) is 10.1. The molecule has 4 heteroatoms. The Balaban J connectivity index is 1.59. The summed E-state index contributed by atoms with van der Waals surface area (Å²) in [7, 11) is 0. The third kappa shape index (κ3) is 2.95. The number of benzene rings is 1. The lowest BCUT2D eigenvalue weighted by atomic mass is 9.90. The number of aliphatic hydroxyl groups excluding tert-OH is 1. The van der Waals surface area contributed by atoms with Gasteiger partial charge in [0.15, 0.2) is 0 Å². The minimum atomic E-state index is -0.493. The number of hydrogen-bond acceptors (Lipinski definition) is 3. The van der Waals surface area contributed by atoms with Crippen LogP contribution in [0.4, 0.5) is 4.79 Å². The van der Waals surface area contributed by atoms with Crippen molar-refractivity contribution in [3.8, 4) is 0 Å². The van der Waals surface area contributed by atoms with E-state index in [1.54, 1.807) is 0 Å². The standard InChI is InChI=1S/C17H21NO3/c1-11(12-5-3-2-4-6-12)18-17(20)21-16-13-7-9-14(16)15(19)10-8-13/h2-6,8,10-11,13-16,19H,7,9H2,1H3,(H,18,20). The minimum Gasteiger partial charge on any atom is -0.445 e. The van der Waals surface area contributed by atoms with Crippen molar-refractivity contribution in [2.24, 2.45) is 11.8 Å². The summed E-state index contributed by atoms with van der Waals surface area (Å²) in [4.78, 5) is 12.1. The van der Waals surface area contributed by atoms with E-state index in [-0.39, 0.29) is 24.0 Å². The number of carbonyl (C=O) groups excluding carboxylic acids is 1. The van der Waals surface area contributed by atoms with Gasteiger partial charge in [0.05, 0.1) is 12.1 Å². The fraction of sp³-hybridized carbons (Fsp3) is 0.471. The van der Waals surface area contributed by atoms with Crippen LogP contribution in [0.25, 0.3) is 0 Å². The zero-order valence-corrected chi connectivity index (χ0v) is 12.1. The fourth-order valence-corrected chi connectivity index (χ4v) is 3.34. The van der Waals surface area contributed by atoms with Crippen molar-refractivity contribution in [3.63, 3.8) is 0 Å². The van der Waals surface area contributed by atoms with E-state index in [0.717, 1.165) is 18.4 Å². The number of fused-ring (bicyclic) bond motifs is 2. The van der Waals surface area contributed by atoms with E-state index < -0.39 is 12.2 Å². The summed E-state index contributed by atoms with van der Waals surface area (Å²) in [6, 6.07) is 9.69. The zero-order valence-electron chi connectivity index (χ0n) is 12.1. The number of carbonyl (C=O) groups is 1. The molecule has 1 fully saturated rings. The van der Waals surface area contributed by atoms with Crippen LogP contribution in [0.15, 0.2) is 42.5 Å². The van der Waals surface area contributed by atoms with Crippen LogP contribution in [-0.2, 0) is 4.74 Å². The summed E-state index contributed by atoms with van der Waals surface area (Å²) in [6.45, 7) is 1.93. The predicted octanol–water partition coefficient (Wildman–Crippen LogP) is 2.80. The molecule has 5 atom stereocenters. The second-order valence-corrected chi connectivity index (χ2v) is 5.93. The number of amides is 1. The summed E-state index contributed by atoms with van der Waals surface area (Å²) in [6.07, 6.45) is 4.59. The van der Waals surface area contributed by atoms with Crippen LogP contribution in [-0.4, -0.2) is 23.4 Å². The summed E-state index contributed by atoms with van der Waals surface area (Å²) in [5.74, 6) is 0.286. The van der Waals surface area contributed by atoms with Gasteiger partial charge in [-0.25, -0.2) is 4.79 Å². The molecule has 0 saturated heterocycles. The van der Waals surface area contributed by atoms with Crippen molar-refractivity contribution in [2.75, 3.05) is 0 Å². The highest BCUT2D eigenvalue weighted by atomic mass is 16.6. The van der Waals surface area contributed by atoms with Crippen LogP contribution < -0.4 is 5.32 Å². The van der Waals surface area contributed by atoms with Crippen molar-refractivity contribution < 1.29 is 14.6 Å². The maximum Gasteiger partial charge on any atom is 0.407 e. The Bertz CT molecular complexity index is 528. The molecule has 2 aliphatic rings. The molecule has 0 radical (unpaired) electrons. The zero-order chi connectivity index (χ0) is 14.8. The van der Waals surface area contributed by atoms with Gasteiger partial charge in [-0.2, -0.15) is 0 Å². The first-order valence-corrected chi connectivity index (χ1v) is 7.53. The lowest BCUT2D eigenvalue weighted by Gasteiger charge is -2.29. The molecule has 2 bridgehead atoms. The van der Waals surface area contributed by atoms with Gasteiger partial charge < -0.3 is 15.2 Å². The van der Waals surface area contributed by atoms with E-state index in [9.17, 15) is 9.90 Å². The van der Waals surface area contributed by atoms with Gasteiger partial charge in [-0.1, -0.05) is 42.5 Å². The van der Waals surface area contributed by atoms with Gasteiger partial charge in [0.2, 0.25) is 0 Å². The predicted molar refractivity (Wildman–Crippen MR) is 79.6 cm³/mol. The monoisotopic (exact) mass is 287 g/mol. The number of nitrogens with one attached hydrogen (secondary N) is 1. The van der Waals surface area contributed by atoms with E-state index in [1.807, 2.05) is 49.4 Å². The molecule has 4 nitrogen and oxygen atoms in total. The number of rotatable bonds is 3. The summed E-state index contributed by atoms with van der Waals surface area (Å²) in [5, 5.41) is 12.8. The number of aliphatic hydroxyl groups is 1. The highest BCUT2D eigenvalue weighted by molar-refractivity contribution is 5.68. The molecule has 2 aliphatic carbocycles. The number of hydrogen-bond donors (Lipinski definition) is 2. The van der Waals surface area contributed by atoms with E-state index in [4.69, 9.17) is 4.74 Å². The van der Waals surface area contributed by atoms with Gasteiger partial charge in [0, 0.05) is 11.8 Å². The second-order valence-electron chi connectivity index (χ2n) is 5.93. The van der Waals surface area contributed by atoms with Crippen LogP contribution >= 0.6 is 0 Å². The number of ether oxygens (including phenoxy) is 1. The molecular weight excluding hydrogens is 266 g/mol. The molecular formula is C17H21NO3. The van der Waals surface area contributed by atoms with E-state index in [0.29, 0.717) is 0 Å². The maximum absolute atomic E-state index is 12.1. The van der Waals surface area contributed by atoms with Crippen molar-refractivity contribution >= 4 is 6.09 Å². The highest BCUT2D eigenvalue weighted by Crippen LogP contribution is 2.40. The Morgan fingerprint density at radius 1 is 1.29 bits per heavy atom. The first kappa shape index (κ1) is 14.1. The highest BCUT2D eigenvalue weighted by Gasteiger charge is 2.43. The smallest absolute Gasteiger partial charge is 0.407 e. The van der Waals surface area contributed by atoms with Gasteiger partial charge in [0.1, 0.15) is 6.10 Å².